The second-order valence-corrected chi connectivity index (χ2v) is 3.09. The van der Waals surface area contributed by atoms with Gasteiger partial charge >= 0.3 is 0 Å². The first kappa shape index (κ1) is 7.61. The number of ether oxygens (including phenoxy) is 1. The molecule has 0 saturated heterocycles. The van der Waals surface area contributed by atoms with Crippen LogP contribution in [0.1, 0.15) is 0 Å². The van der Waals surface area contributed by atoms with Crippen LogP contribution >= 0.6 is 15.9 Å². The van der Waals surface area contributed by atoms with Crippen molar-refractivity contribution in [3.63, 3.8) is 0 Å². The van der Waals surface area contributed by atoms with E-state index in [9.17, 15) is 0 Å². The van der Waals surface area contributed by atoms with Gasteiger partial charge in [-0.25, -0.2) is 0 Å². The summed E-state index contributed by atoms with van der Waals surface area (Å²) in [5.74, 6) is 0.798. The van der Waals surface area contributed by atoms with Gasteiger partial charge < -0.3 is 9.26 Å². The van der Waals surface area contributed by atoms with Crippen molar-refractivity contribution in [3.8, 4) is 5.75 Å². The summed E-state index contributed by atoms with van der Waals surface area (Å²) in [5, 5.41) is 4.68. The van der Waals surface area contributed by atoms with Gasteiger partial charge in [0.15, 0.2) is 10.2 Å². The highest BCUT2D eigenvalue weighted by Crippen LogP contribution is 2.26. The molecule has 62 valence electrons. The standard InChI is InChI=1S/C8H6BrNO2/c1-11-5-2-3-7-6(4-5)8(9)10-12-7/h2-4H,1H3. The fourth-order valence-electron chi connectivity index (χ4n) is 1.02. The van der Waals surface area contributed by atoms with Gasteiger partial charge in [0.05, 0.1) is 12.5 Å². The van der Waals surface area contributed by atoms with E-state index in [0.29, 0.717) is 4.60 Å². The zero-order valence-corrected chi connectivity index (χ0v) is 7.96. The molecule has 0 saturated carbocycles. The molecular weight excluding hydrogens is 222 g/mol. The Balaban J connectivity index is 2.71. The summed E-state index contributed by atoms with van der Waals surface area (Å²) >= 11 is 3.27. The van der Waals surface area contributed by atoms with Crippen LogP contribution < -0.4 is 4.74 Å². The van der Waals surface area contributed by atoms with Gasteiger partial charge in [0, 0.05) is 0 Å². The molecule has 2 aromatic rings. The molecule has 12 heavy (non-hydrogen) atoms. The molecule has 0 atom stereocenters. The zero-order chi connectivity index (χ0) is 8.55. The van der Waals surface area contributed by atoms with Gasteiger partial charge in [0.1, 0.15) is 5.75 Å². The molecule has 4 heteroatoms. The third kappa shape index (κ3) is 1.08. The molecule has 0 fully saturated rings. The lowest BCUT2D eigenvalue weighted by atomic mass is 10.2. The number of methoxy groups -OCH3 is 1. The van der Waals surface area contributed by atoms with E-state index in [-0.39, 0.29) is 0 Å². The van der Waals surface area contributed by atoms with Crippen molar-refractivity contribution < 1.29 is 9.26 Å². The average molecular weight is 228 g/mol. The molecule has 0 spiro atoms. The molecule has 0 amide bonds. The predicted octanol–water partition coefficient (Wildman–Crippen LogP) is 2.60. The predicted molar refractivity (Wildman–Crippen MR) is 48.3 cm³/mol. The zero-order valence-electron chi connectivity index (χ0n) is 6.37. The van der Waals surface area contributed by atoms with Gasteiger partial charge in [0.2, 0.25) is 0 Å². The van der Waals surface area contributed by atoms with Crippen LogP contribution in [0.15, 0.2) is 27.3 Å². The van der Waals surface area contributed by atoms with E-state index in [2.05, 4.69) is 21.1 Å². The number of rotatable bonds is 1. The van der Waals surface area contributed by atoms with Crippen molar-refractivity contribution in [2.24, 2.45) is 0 Å². The van der Waals surface area contributed by atoms with Gasteiger partial charge in [-0.2, -0.15) is 0 Å². The minimum atomic E-state index is 0.705. The summed E-state index contributed by atoms with van der Waals surface area (Å²) < 4.78 is 10.8. The van der Waals surface area contributed by atoms with Crippen LogP contribution in [-0.2, 0) is 0 Å². The van der Waals surface area contributed by atoms with Crippen molar-refractivity contribution in [3.05, 3.63) is 22.8 Å². The SMILES string of the molecule is COc1ccc2onc(Br)c2c1. The normalized spacial score (nSPS) is 10.5. The second-order valence-electron chi connectivity index (χ2n) is 2.34. The Morgan fingerprint density at radius 1 is 1.50 bits per heavy atom. The lowest BCUT2D eigenvalue weighted by Crippen LogP contribution is -1.80. The van der Waals surface area contributed by atoms with Crippen LogP contribution in [0.3, 0.4) is 0 Å². The number of fused-ring (bicyclic) bond motifs is 1. The largest absolute Gasteiger partial charge is 0.497 e. The molecule has 0 unspecified atom stereocenters. The first-order valence-corrected chi connectivity index (χ1v) is 4.19. The molecule has 1 aromatic carbocycles. The van der Waals surface area contributed by atoms with Gasteiger partial charge in [0.25, 0.3) is 0 Å². The van der Waals surface area contributed by atoms with E-state index in [0.717, 1.165) is 16.7 Å². The molecule has 2 rings (SSSR count). The third-order valence-electron chi connectivity index (χ3n) is 1.63. The van der Waals surface area contributed by atoms with E-state index in [4.69, 9.17) is 9.26 Å². The molecule has 0 bridgehead atoms. The molecule has 0 aliphatic carbocycles. The van der Waals surface area contributed by atoms with E-state index in [1.165, 1.54) is 0 Å². The summed E-state index contributed by atoms with van der Waals surface area (Å²) in [6.45, 7) is 0. The van der Waals surface area contributed by atoms with Crippen LogP contribution in [0.4, 0.5) is 0 Å². The van der Waals surface area contributed by atoms with Crippen LogP contribution in [0.25, 0.3) is 11.0 Å². The molecule has 3 nitrogen and oxygen atoms in total. The number of nitrogens with zero attached hydrogens (tertiary/aromatic N) is 1. The molecule has 0 radical (unpaired) electrons. The van der Waals surface area contributed by atoms with Crippen LogP contribution in [0.5, 0.6) is 5.75 Å². The molecular formula is C8H6BrNO2. The second kappa shape index (κ2) is 2.79. The fourth-order valence-corrected chi connectivity index (χ4v) is 1.40. The number of hydrogen-bond acceptors (Lipinski definition) is 3. The number of aromatic nitrogens is 1. The van der Waals surface area contributed by atoms with Crippen LogP contribution in [0, 0.1) is 0 Å². The van der Waals surface area contributed by atoms with Crippen molar-refractivity contribution in [2.75, 3.05) is 7.11 Å². The van der Waals surface area contributed by atoms with Gasteiger partial charge in [-0.1, -0.05) is 5.16 Å². The monoisotopic (exact) mass is 227 g/mol. The lowest BCUT2D eigenvalue weighted by molar-refractivity contribution is 0.415. The number of hydrogen-bond donors (Lipinski definition) is 0. The number of benzene rings is 1. The highest BCUT2D eigenvalue weighted by Gasteiger charge is 2.05. The maximum absolute atomic E-state index is 5.06. The van der Waals surface area contributed by atoms with Crippen LogP contribution in [0.2, 0.25) is 0 Å². The quantitative estimate of drug-likeness (QED) is 0.752. The highest BCUT2D eigenvalue weighted by molar-refractivity contribution is 9.10. The Morgan fingerprint density at radius 3 is 3.08 bits per heavy atom. The average Bonchev–Trinajstić information content (AvgIpc) is 2.47. The van der Waals surface area contributed by atoms with E-state index in [1.54, 1.807) is 7.11 Å². The molecule has 0 aliphatic heterocycles. The Hall–Kier alpha value is -1.03. The minimum Gasteiger partial charge on any atom is -0.497 e. The molecule has 1 aromatic heterocycles. The van der Waals surface area contributed by atoms with Crippen molar-refractivity contribution in [1.29, 1.82) is 0 Å². The molecule has 0 aliphatic rings. The first-order valence-electron chi connectivity index (χ1n) is 3.40. The molecule has 1 heterocycles. The van der Waals surface area contributed by atoms with Crippen molar-refractivity contribution in [2.45, 2.75) is 0 Å². The Labute approximate surface area is 77.4 Å². The Kier molecular flexibility index (Phi) is 1.77. The van der Waals surface area contributed by atoms with Crippen molar-refractivity contribution in [1.82, 2.24) is 5.16 Å². The maximum Gasteiger partial charge on any atom is 0.168 e. The lowest BCUT2D eigenvalue weighted by Gasteiger charge is -1.96. The van der Waals surface area contributed by atoms with Crippen LogP contribution in [-0.4, -0.2) is 12.3 Å². The topological polar surface area (TPSA) is 35.3 Å². The number of halogens is 1. The Bertz CT molecular complexity index is 410. The summed E-state index contributed by atoms with van der Waals surface area (Å²) in [4.78, 5) is 0. The third-order valence-corrected chi connectivity index (χ3v) is 2.21. The summed E-state index contributed by atoms with van der Waals surface area (Å²) in [5.41, 5.74) is 0.752. The maximum atomic E-state index is 5.06. The Morgan fingerprint density at radius 2 is 2.33 bits per heavy atom. The van der Waals surface area contributed by atoms with E-state index in [1.807, 2.05) is 18.2 Å². The summed E-state index contributed by atoms with van der Waals surface area (Å²) in [6, 6.07) is 5.53. The highest BCUT2D eigenvalue weighted by atomic mass is 79.9. The summed E-state index contributed by atoms with van der Waals surface area (Å²) in [7, 11) is 1.63. The summed E-state index contributed by atoms with van der Waals surface area (Å²) in [6.07, 6.45) is 0. The minimum absolute atomic E-state index is 0.705. The van der Waals surface area contributed by atoms with Gasteiger partial charge in [-0.05, 0) is 34.1 Å². The van der Waals surface area contributed by atoms with Gasteiger partial charge in [-0.15, -0.1) is 0 Å². The smallest absolute Gasteiger partial charge is 0.168 e. The first-order chi connectivity index (χ1) is 5.81. The van der Waals surface area contributed by atoms with Crippen molar-refractivity contribution >= 4 is 26.9 Å². The van der Waals surface area contributed by atoms with Gasteiger partial charge in [-0.3, -0.25) is 0 Å². The van der Waals surface area contributed by atoms with E-state index >= 15 is 0 Å². The fraction of sp³-hybridized carbons (Fsp3) is 0.125. The van der Waals surface area contributed by atoms with E-state index < -0.39 is 0 Å². The molecule has 0 N–H and O–H groups in total.